The monoisotopic (exact) mass is 476 g/mol. The van der Waals surface area contributed by atoms with Gasteiger partial charge in [-0.2, -0.15) is 4.31 Å². The Morgan fingerprint density at radius 1 is 1.00 bits per heavy atom. The van der Waals surface area contributed by atoms with Crippen molar-refractivity contribution in [1.29, 1.82) is 0 Å². The molecule has 0 aliphatic carbocycles. The van der Waals surface area contributed by atoms with Crippen LogP contribution >= 0.6 is 15.9 Å². The number of hydrogen-bond acceptors (Lipinski definition) is 5. The molecule has 0 aliphatic rings. The zero-order valence-corrected chi connectivity index (χ0v) is 18.4. The van der Waals surface area contributed by atoms with Gasteiger partial charge < -0.3 is 4.74 Å². The van der Waals surface area contributed by atoms with Crippen LogP contribution in [0.4, 0.5) is 5.69 Å². The first-order chi connectivity index (χ1) is 12.7. The number of benzene rings is 2. The average molecular weight is 477 g/mol. The fourth-order valence-corrected chi connectivity index (χ4v) is 5.62. The fourth-order valence-electron chi connectivity index (χ4n) is 2.48. The number of nitrogens with zero attached hydrogens (tertiary/aromatic N) is 1. The third-order valence-electron chi connectivity index (χ3n) is 3.86. The summed E-state index contributed by atoms with van der Waals surface area (Å²) in [6.45, 7) is 4.09. The Labute approximate surface area is 168 Å². The van der Waals surface area contributed by atoms with E-state index in [4.69, 9.17) is 4.74 Å². The molecule has 0 unspecified atom stereocenters. The Kier molecular flexibility index (Phi) is 6.90. The molecule has 0 aromatic heterocycles. The third kappa shape index (κ3) is 4.81. The Hall–Kier alpha value is -1.62. The second-order valence-corrected chi connectivity index (χ2v) is 10.1. The van der Waals surface area contributed by atoms with E-state index in [0.29, 0.717) is 17.6 Å². The van der Waals surface area contributed by atoms with Gasteiger partial charge in [-0.05, 0) is 36.4 Å². The first kappa shape index (κ1) is 21.7. The molecule has 0 spiro atoms. The quantitative estimate of drug-likeness (QED) is 0.630. The van der Waals surface area contributed by atoms with E-state index < -0.39 is 20.0 Å². The lowest BCUT2D eigenvalue weighted by Gasteiger charge is -2.20. The summed E-state index contributed by atoms with van der Waals surface area (Å²) >= 11 is 3.24. The summed E-state index contributed by atoms with van der Waals surface area (Å²) < 4.78 is 60.3. The predicted octanol–water partition coefficient (Wildman–Crippen LogP) is 3.29. The summed E-state index contributed by atoms with van der Waals surface area (Å²) in [5.74, 6) is 0.215. The van der Waals surface area contributed by atoms with Crippen LogP contribution in [0.3, 0.4) is 0 Å². The van der Waals surface area contributed by atoms with Crippen LogP contribution in [0.25, 0.3) is 0 Å². The highest BCUT2D eigenvalue weighted by molar-refractivity contribution is 9.10. The number of nitrogens with one attached hydrogen (secondary N) is 1. The molecular weight excluding hydrogens is 456 g/mol. The Morgan fingerprint density at radius 3 is 2.22 bits per heavy atom. The van der Waals surface area contributed by atoms with Crippen LogP contribution in [0.5, 0.6) is 5.75 Å². The first-order valence-corrected chi connectivity index (χ1v) is 11.8. The molecule has 0 aliphatic heterocycles. The van der Waals surface area contributed by atoms with E-state index in [2.05, 4.69) is 20.7 Å². The van der Waals surface area contributed by atoms with Crippen molar-refractivity contribution in [2.75, 3.05) is 24.9 Å². The summed E-state index contributed by atoms with van der Waals surface area (Å²) in [6, 6.07) is 10.3. The second-order valence-electron chi connectivity index (χ2n) is 5.51. The second kappa shape index (κ2) is 8.59. The minimum Gasteiger partial charge on any atom is -0.495 e. The number of rotatable bonds is 8. The molecule has 0 atom stereocenters. The molecule has 0 amide bonds. The normalized spacial score (nSPS) is 12.2. The number of anilines is 1. The van der Waals surface area contributed by atoms with E-state index in [1.165, 1.54) is 41.7 Å². The molecule has 2 rings (SSSR count). The van der Waals surface area contributed by atoms with Crippen LogP contribution in [0, 0.1) is 0 Å². The van der Waals surface area contributed by atoms with Crippen LogP contribution < -0.4 is 9.46 Å². The van der Waals surface area contributed by atoms with Gasteiger partial charge in [0.1, 0.15) is 5.75 Å². The summed E-state index contributed by atoms with van der Waals surface area (Å²) in [6.07, 6.45) is 0. The largest absolute Gasteiger partial charge is 0.495 e. The van der Waals surface area contributed by atoms with Crippen molar-refractivity contribution in [3.8, 4) is 5.75 Å². The molecule has 2 aromatic rings. The van der Waals surface area contributed by atoms with Gasteiger partial charge in [0.25, 0.3) is 10.0 Å². The maximum atomic E-state index is 12.7. The van der Waals surface area contributed by atoms with E-state index in [1.807, 2.05) is 0 Å². The molecule has 27 heavy (non-hydrogen) atoms. The molecule has 0 bridgehead atoms. The number of methoxy groups -OCH3 is 1. The van der Waals surface area contributed by atoms with Gasteiger partial charge in [0.15, 0.2) is 0 Å². The van der Waals surface area contributed by atoms with Gasteiger partial charge in [-0.3, -0.25) is 4.72 Å². The van der Waals surface area contributed by atoms with E-state index in [9.17, 15) is 16.8 Å². The highest BCUT2D eigenvalue weighted by Gasteiger charge is 2.24. The van der Waals surface area contributed by atoms with Crippen LogP contribution in [-0.2, 0) is 20.0 Å². The lowest BCUT2D eigenvalue weighted by atomic mass is 10.3. The van der Waals surface area contributed by atoms with E-state index in [0.717, 1.165) is 0 Å². The van der Waals surface area contributed by atoms with E-state index in [1.54, 1.807) is 26.0 Å². The molecule has 10 heteroatoms. The highest BCUT2D eigenvalue weighted by Crippen LogP contribution is 2.31. The number of sulfonamides is 2. The lowest BCUT2D eigenvalue weighted by molar-refractivity contribution is 0.416. The van der Waals surface area contributed by atoms with Gasteiger partial charge in [-0.25, -0.2) is 16.8 Å². The van der Waals surface area contributed by atoms with Gasteiger partial charge in [0.05, 0.1) is 22.6 Å². The van der Waals surface area contributed by atoms with Crippen LogP contribution in [-0.4, -0.2) is 41.3 Å². The zero-order valence-electron chi connectivity index (χ0n) is 15.1. The molecule has 0 saturated heterocycles. The number of hydrogen-bond donors (Lipinski definition) is 1. The molecule has 148 valence electrons. The van der Waals surface area contributed by atoms with Crippen molar-refractivity contribution in [1.82, 2.24) is 4.31 Å². The van der Waals surface area contributed by atoms with Gasteiger partial charge in [-0.15, -0.1) is 0 Å². The Bertz CT molecular complexity index is 1020. The summed E-state index contributed by atoms with van der Waals surface area (Å²) in [7, 11) is -6.29. The predicted molar refractivity (Wildman–Crippen MR) is 108 cm³/mol. The number of ether oxygens (including phenoxy) is 1. The van der Waals surface area contributed by atoms with Gasteiger partial charge in [0.2, 0.25) is 10.0 Å². The molecule has 0 radical (unpaired) electrons. The molecule has 7 nitrogen and oxygen atoms in total. The Morgan fingerprint density at radius 2 is 1.67 bits per heavy atom. The number of halogens is 1. The van der Waals surface area contributed by atoms with Crippen LogP contribution in [0.1, 0.15) is 13.8 Å². The van der Waals surface area contributed by atoms with Crippen molar-refractivity contribution in [2.24, 2.45) is 0 Å². The summed E-state index contributed by atoms with van der Waals surface area (Å²) in [4.78, 5) is 0.0230. The SMILES string of the molecule is CCN(CC)S(=O)(=O)c1ccc(OC)c(NS(=O)(=O)c2cccc(Br)c2)c1. The minimum atomic E-state index is -3.93. The summed E-state index contributed by atoms with van der Waals surface area (Å²) in [5.41, 5.74) is 0.0470. The van der Waals surface area contributed by atoms with Gasteiger partial charge >= 0.3 is 0 Å². The Balaban J connectivity index is 2.50. The standard InChI is InChI=1S/C17H21BrN2O5S2/c1-4-20(5-2)27(23,24)15-9-10-17(25-3)16(12-15)19-26(21,22)14-8-6-7-13(18)11-14/h6-12,19H,4-5H2,1-3H3. The van der Waals surface area contributed by atoms with Crippen molar-refractivity contribution in [3.63, 3.8) is 0 Å². The van der Waals surface area contributed by atoms with Crippen LogP contribution in [0.15, 0.2) is 56.7 Å². The highest BCUT2D eigenvalue weighted by atomic mass is 79.9. The smallest absolute Gasteiger partial charge is 0.262 e. The molecule has 1 N–H and O–H groups in total. The van der Waals surface area contributed by atoms with Crippen molar-refractivity contribution < 1.29 is 21.6 Å². The maximum Gasteiger partial charge on any atom is 0.262 e. The van der Waals surface area contributed by atoms with Crippen molar-refractivity contribution in [3.05, 3.63) is 46.9 Å². The van der Waals surface area contributed by atoms with Crippen molar-refractivity contribution >= 4 is 41.7 Å². The van der Waals surface area contributed by atoms with Gasteiger partial charge in [0, 0.05) is 17.6 Å². The third-order valence-corrected chi connectivity index (χ3v) is 7.77. The summed E-state index contributed by atoms with van der Waals surface area (Å²) in [5, 5.41) is 0. The minimum absolute atomic E-state index is 0.0149. The molecule has 0 fully saturated rings. The lowest BCUT2D eigenvalue weighted by Crippen LogP contribution is -2.30. The molecule has 0 heterocycles. The van der Waals surface area contributed by atoms with E-state index in [-0.39, 0.29) is 21.2 Å². The van der Waals surface area contributed by atoms with Gasteiger partial charge in [-0.1, -0.05) is 35.8 Å². The topological polar surface area (TPSA) is 92.8 Å². The average Bonchev–Trinajstić information content (AvgIpc) is 2.62. The molecular formula is C17H21BrN2O5S2. The van der Waals surface area contributed by atoms with E-state index >= 15 is 0 Å². The maximum absolute atomic E-state index is 12.7. The van der Waals surface area contributed by atoms with Crippen LogP contribution in [0.2, 0.25) is 0 Å². The molecule has 0 saturated carbocycles. The molecule has 2 aromatic carbocycles. The zero-order chi connectivity index (χ0) is 20.2. The first-order valence-electron chi connectivity index (χ1n) is 8.12. The fraction of sp³-hybridized carbons (Fsp3) is 0.294. The van der Waals surface area contributed by atoms with Crippen molar-refractivity contribution in [2.45, 2.75) is 23.6 Å².